The minimum atomic E-state index is -0.163. The molecule has 2 aromatic rings. The highest BCUT2D eigenvalue weighted by Gasteiger charge is 2.20. The molecule has 1 N–H and O–H groups in total. The summed E-state index contributed by atoms with van der Waals surface area (Å²) in [6.07, 6.45) is 0. The van der Waals surface area contributed by atoms with E-state index in [1.54, 1.807) is 12.1 Å². The van der Waals surface area contributed by atoms with Gasteiger partial charge in [0.2, 0.25) is 0 Å². The molecule has 3 rings (SSSR count). The van der Waals surface area contributed by atoms with Crippen LogP contribution in [0.15, 0.2) is 54.6 Å². The van der Waals surface area contributed by atoms with Gasteiger partial charge >= 0.3 is 0 Å². The third-order valence-electron chi connectivity index (χ3n) is 3.76. The van der Waals surface area contributed by atoms with Crippen LogP contribution in [0.2, 0.25) is 0 Å². The van der Waals surface area contributed by atoms with Crippen LogP contribution in [-0.4, -0.2) is 24.5 Å². The zero-order valence-electron chi connectivity index (χ0n) is 11.4. The minimum Gasteiger partial charge on any atom is -0.308 e. The molecule has 0 aliphatic carbocycles. The molecule has 0 unspecified atom stereocenters. The van der Waals surface area contributed by atoms with Gasteiger partial charge in [0.1, 0.15) is 5.82 Å². The van der Waals surface area contributed by atoms with Crippen molar-refractivity contribution in [3.63, 3.8) is 0 Å². The third kappa shape index (κ3) is 3.24. The van der Waals surface area contributed by atoms with Crippen LogP contribution in [0.3, 0.4) is 0 Å². The van der Waals surface area contributed by atoms with Crippen molar-refractivity contribution in [1.82, 2.24) is 10.2 Å². The van der Waals surface area contributed by atoms with E-state index in [1.165, 1.54) is 11.6 Å². The molecular formula is C17H19FN2. The summed E-state index contributed by atoms with van der Waals surface area (Å²) in [5, 5.41) is 3.47. The molecule has 0 radical (unpaired) electrons. The number of piperazine rings is 1. The van der Waals surface area contributed by atoms with Crippen LogP contribution in [-0.2, 0) is 6.54 Å². The first-order valence-electron chi connectivity index (χ1n) is 7.06. The first-order valence-corrected chi connectivity index (χ1v) is 7.06. The molecule has 1 saturated heterocycles. The summed E-state index contributed by atoms with van der Waals surface area (Å²) in [4.78, 5) is 2.42. The number of halogens is 1. The van der Waals surface area contributed by atoms with E-state index in [-0.39, 0.29) is 11.9 Å². The average Bonchev–Trinajstić information content (AvgIpc) is 2.49. The lowest BCUT2D eigenvalue weighted by Gasteiger charge is -2.34. The highest BCUT2D eigenvalue weighted by Crippen LogP contribution is 2.19. The molecule has 2 nitrogen and oxygen atoms in total. The van der Waals surface area contributed by atoms with Crippen LogP contribution in [0.1, 0.15) is 17.2 Å². The van der Waals surface area contributed by atoms with Gasteiger partial charge in [-0.2, -0.15) is 0 Å². The van der Waals surface area contributed by atoms with Gasteiger partial charge < -0.3 is 5.32 Å². The van der Waals surface area contributed by atoms with Crippen LogP contribution in [0.5, 0.6) is 0 Å². The number of hydrogen-bond donors (Lipinski definition) is 1. The molecule has 0 bridgehead atoms. The molecule has 104 valence electrons. The van der Waals surface area contributed by atoms with Crippen molar-refractivity contribution >= 4 is 0 Å². The van der Waals surface area contributed by atoms with E-state index in [0.29, 0.717) is 0 Å². The molecule has 0 saturated carbocycles. The smallest absolute Gasteiger partial charge is 0.123 e. The van der Waals surface area contributed by atoms with Crippen LogP contribution < -0.4 is 5.32 Å². The van der Waals surface area contributed by atoms with E-state index in [4.69, 9.17) is 0 Å². The van der Waals surface area contributed by atoms with Crippen LogP contribution in [0.4, 0.5) is 4.39 Å². The van der Waals surface area contributed by atoms with Crippen molar-refractivity contribution in [2.45, 2.75) is 12.6 Å². The van der Waals surface area contributed by atoms with Gasteiger partial charge in [0.25, 0.3) is 0 Å². The summed E-state index contributed by atoms with van der Waals surface area (Å²) in [6, 6.07) is 17.6. The molecule has 0 spiro atoms. The van der Waals surface area contributed by atoms with Gasteiger partial charge in [-0.15, -0.1) is 0 Å². The molecule has 1 fully saturated rings. The van der Waals surface area contributed by atoms with E-state index in [9.17, 15) is 4.39 Å². The minimum absolute atomic E-state index is 0.163. The lowest BCUT2D eigenvalue weighted by Crippen LogP contribution is -2.45. The second-order valence-corrected chi connectivity index (χ2v) is 5.28. The predicted molar refractivity (Wildman–Crippen MR) is 78.9 cm³/mol. The highest BCUT2D eigenvalue weighted by atomic mass is 19.1. The standard InChI is InChI=1S/C17H19FN2/c18-16-8-4-7-15(11-16)17-13-20(10-9-19-17)12-14-5-2-1-3-6-14/h1-8,11,17,19H,9-10,12-13H2/t17-/m1/s1. The Kier molecular flexibility index (Phi) is 4.09. The molecule has 0 amide bonds. The number of nitrogens with zero attached hydrogens (tertiary/aromatic N) is 1. The fourth-order valence-corrected chi connectivity index (χ4v) is 2.74. The van der Waals surface area contributed by atoms with Gasteiger partial charge in [-0.1, -0.05) is 42.5 Å². The van der Waals surface area contributed by atoms with Crippen molar-refractivity contribution in [1.29, 1.82) is 0 Å². The topological polar surface area (TPSA) is 15.3 Å². The summed E-state index contributed by atoms with van der Waals surface area (Å²) < 4.78 is 13.3. The first kappa shape index (κ1) is 13.3. The van der Waals surface area contributed by atoms with Gasteiger partial charge in [0, 0.05) is 32.2 Å². The monoisotopic (exact) mass is 270 g/mol. The Labute approximate surface area is 119 Å². The van der Waals surface area contributed by atoms with E-state index in [1.807, 2.05) is 12.1 Å². The Hall–Kier alpha value is -1.71. The van der Waals surface area contributed by atoms with E-state index >= 15 is 0 Å². The van der Waals surface area contributed by atoms with Crippen LogP contribution >= 0.6 is 0 Å². The Balaban J connectivity index is 1.67. The lowest BCUT2D eigenvalue weighted by atomic mass is 10.0. The first-order chi connectivity index (χ1) is 9.81. The predicted octanol–water partition coefficient (Wildman–Crippen LogP) is 2.97. The average molecular weight is 270 g/mol. The Morgan fingerprint density at radius 2 is 1.95 bits per heavy atom. The normalized spacial score (nSPS) is 19.9. The number of nitrogens with one attached hydrogen (secondary N) is 1. The highest BCUT2D eigenvalue weighted by molar-refractivity contribution is 5.21. The number of rotatable bonds is 3. The van der Waals surface area contributed by atoms with Crippen molar-refractivity contribution in [3.8, 4) is 0 Å². The summed E-state index contributed by atoms with van der Waals surface area (Å²) in [7, 11) is 0. The van der Waals surface area contributed by atoms with Gasteiger partial charge in [0.15, 0.2) is 0 Å². The molecule has 1 aliphatic heterocycles. The lowest BCUT2D eigenvalue weighted by molar-refractivity contribution is 0.193. The van der Waals surface area contributed by atoms with Crippen molar-refractivity contribution < 1.29 is 4.39 Å². The van der Waals surface area contributed by atoms with Gasteiger partial charge in [0.05, 0.1) is 0 Å². The van der Waals surface area contributed by atoms with E-state index < -0.39 is 0 Å². The Morgan fingerprint density at radius 3 is 2.75 bits per heavy atom. The largest absolute Gasteiger partial charge is 0.308 e. The van der Waals surface area contributed by atoms with Crippen molar-refractivity contribution in [3.05, 3.63) is 71.5 Å². The summed E-state index contributed by atoms with van der Waals surface area (Å²) in [6.45, 7) is 3.83. The molecule has 0 aromatic heterocycles. The molecule has 20 heavy (non-hydrogen) atoms. The fourth-order valence-electron chi connectivity index (χ4n) is 2.74. The number of benzene rings is 2. The molecule has 3 heteroatoms. The van der Waals surface area contributed by atoms with Crippen molar-refractivity contribution in [2.75, 3.05) is 19.6 Å². The zero-order valence-corrected chi connectivity index (χ0v) is 11.4. The molecule has 1 atom stereocenters. The fraction of sp³-hybridized carbons (Fsp3) is 0.294. The second-order valence-electron chi connectivity index (χ2n) is 5.28. The third-order valence-corrected chi connectivity index (χ3v) is 3.76. The maximum Gasteiger partial charge on any atom is 0.123 e. The maximum atomic E-state index is 13.3. The Bertz CT molecular complexity index is 556. The Morgan fingerprint density at radius 1 is 1.10 bits per heavy atom. The summed E-state index contributed by atoms with van der Waals surface area (Å²) in [5.74, 6) is -0.163. The summed E-state index contributed by atoms with van der Waals surface area (Å²) in [5.41, 5.74) is 2.36. The quantitative estimate of drug-likeness (QED) is 0.922. The van der Waals surface area contributed by atoms with Crippen LogP contribution in [0, 0.1) is 5.82 Å². The number of hydrogen-bond acceptors (Lipinski definition) is 2. The zero-order chi connectivity index (χ0) is 13.8. The van der Waals surface area contributed by atoms with Crippen molar-refractivity contribution in [2.24, 2.45) is 0 Å². The van der Waals surface area contributed by atoms with Crippen LogP contribution in [0.25, 0.3) is 0 Å². The maximum absolute atomic E-state index is 13.3. The SMILES string of the molecule is Fc1cccc([C@H]2CN(Cc3ccccc3)CCN2)c1. The molecule has 2 aromatic carbocycles. The summed E-state index contributed by atoms with van der Waals surface area (Å²) >= 11 is 0. The molecule has 1 aliphatic rings. The second kappa shape index (κ2) is 6.16. The molecular weight excluding hydrogens is 251 g/mol. The van der Waals surface area contributed by atoms with E-state index in [0.717, 1.165) is 31.7 Å². The van der Waals surface area contributed by atoms with Gasteiger partial charge in [-0.05, 0) is 23.3 Å². The van der Waals surface area contributed by atoms with Gasteiger partial charge in [-0.25, -0.2) is 4.39 Å². The van der Waals surface area contributed by atoms with E-state index in [2.05, 4.69) is 34.5 Å². The van der Waals surface area contributed by atoms with Gasteiger partial charge in [-0.3, -0.25) is 4.90 Å². The molecule has 1 heterocycles.